The fourth-order valence-corrected chi connectivity index (χ4v) is 4.44. The van der Waals surface area contributed by atoms with Crippen LogP contribution in [0, 0.1) is 11.3 Å². The first-order valence-corrected chi connectivity index (χ1v) is 10.1. The van der Waals surface area contributed by atoms with Crippen LogP contribution in [0.2, 0.25) is 0 Å². The minimum atomic E-state index is -4.93. The first-order valence-electron chi connectivity index (χ1n) is 8.55. The van der Waals surface area contributed by atoms with Gasteiger partial charge in [-0.1, -0.05) is 0 Å². The number of aliphatic hydroxyl groups is 1. The van der Waals surface area contributed by atoms with E-state index >= 15 is 0 Å². The molecular weight excluding hydrogens is 415 g/mol. The topological polar surface area (TPSA) is 122 Å². The lowest BCUT2D eigenvalue weighted by Gasteiger charge is -2.31. The summed E-state index contributed by atoms with van der Waals surface area (Å²) >= 11 is 0. The van der Waals surface area contributed by atoms with Gasteiger partial charge in [0.15, 0.2) is 0 Å². The number of rotatable bonds is 6. The van der Waals surface area contributed by atoms with E-state index in [1.165, 1.54) is 19.9 Å². The molecule has 0 saturated carbocycles. The van der Waals surface area contributed by atoms with Crippen molar-refractivity contribution in [3.8, 4) is 6.07 Å². The summed E-state index contributed by atoms with van der Waals surface area (Å²) in [5.74, 6) is -0.832. The molecule has 0 spiro atoms. The summed E-state index contributed by atoms with van der Waals surface area (Å²) in [4.78, 5) is 14.7. The maximum absolute atomic E-state index is 13.3. The van der Waals surface area contributed by atoms with Gasteiger partial charge >= 0.3 is 16.3 Å². The van der Waals surface area contributed by atoms with Gasteiger partial charge in [-0.25, -0.2) is 0 Å². The molecule has 1 amide bonds. The molecule has 0 aliphatic carbocycles. The van der Waals surface area contributed by atoms with Gasteiger partial charge in [0.05, 0.1) is 22.7 Å². The Hall–Kier alpha value is -2.20. The number of alkyl halides is 3. The van der Waals surface area contributed by atoms with Crippen LogP contribution in [0.15, 0.2) is 18.2 Å². The molecule has 1 aromatic rings. The van der Waals surface area contributed by atoms with Gasteiger partial charge in [0, 0.05) is 18.8 Å². The van der Waals surface area contributed by atoms with Crippen LogP contribution < -0.4 is 4.90 Å². The van der Waals surface area contributed by atoms with Crippen molar-refractivity contribution in [1.29, 1.82) is 5.26 Å². The largest absolute Gasteiger partial charge is 0.417 e. The second kappa shape index (κ2) is 7.91. The lowest BCUT2D eigenvalue weighted by molar-refractivity contribution is -0.137. The lowest BCUT2D eigenvalue weighted by atomic mass is 10.0. The average molecular weight is 435 g/mol. The molecule has 1 unspecified atom stereocenters. The number of benzene rings is 1. The van der Waals surface area contributed by atoms with Gasteiger partial charge in [-0.05, 0) is 44.9 Å². The van der Waals surface area contributed by atoms with E-state index in [2.05, 4.69) is 0 Å². The molecule has 2 rings (SSSR count). The Morgan fingerprint density at radius 2 is 1.90 bits per heavy atom. The van der Waals surface area contributed by atoms with E-state index in [0.29, 0.717) is 17.4 Å². The number of unbranched alkanes of at least 4 members (excludes halogenated alkanes) is 1. The Kier molecular flexibility index (Phi) is 6.29. The van der Waals surface area contributed by atoms with Crippen LogP contribution in [0.5, 0.6) is 0 Å². The average Bonchev–Trinajstić information content (AvgIpc) is 2.81. The number of halogens is 3. The molecule has 29 heavy (non-hydrogen) atoms. The first kappa shape index (κ1) is 23.1. The Bertz CT molecular complexity index is 941. The highest BCUT2D eigenvalue weighted by Gasteiger charge is 2.57. The predicted molar refractivity (Wildman–Crippen MR) is 96.1 cm³/mol. The molecule has 1 aromatic carbocycles. The number of carbonyl (C=O) groups excluding carboxylic acids is 1. The van der Waals surface area contributed by atoms with Crippen molar-refractivity contribution >= 4 is 21.7 Å². The van der Waals surface area contributed by atoms with Gasteiger partial charge in [0.1, 0.15) is 0 Å². The molecule has 1 aliphatic rings. The van der Waals surface area contributed by atoms with Crippen LogP contribution in [-0.2, 0) is 21.1 Å². The van der Waals surface area contributed by atoms with Crippen molar-refractivity contribution in [1.82, 2.24) is 4.90 Å². The van der Waals surface area contributed by atoms with Crippen molar-refractivity contribution < 1.29 is 36.0 Å². The number of nitrogens with zero attached hydrogens (tertiary/aromatic N) is 3. The van der Waals surface area contributed by atoms with Crippen molar-refractivity contribution in [3.63, 3.8) is 0 Å². The third-order valence-corrected chi connectivity index (χ3v) is 5.73. The van der Waals surface area contributed by atoms with Crippen molar-refractivity contribution in [2.24, 2.45) is 0 Å². The summed E-state index contributed by atoms with van der Waals surface area (Å²) < 4.78 is 73.9. The van der Waals surface area contributed by atoms with Gasteiger partial charge in [0.2, 0.25) is 11.4 Å². The molecule has 12 heteroatoms. The van der Waals surface area contributed by atoms with Crippen molar-refractivity contribution in [3.05, 3.63) is 29.3 Å². The normalized spacial score (nSPS) is 20.1. The number of anilines is 1. The monoisotopic (exact) mass is 435 g/mol. The molecule has 1 heterocycles. The molecule has 0 radical (unpaired) electrons. The Balaban J connectivity index is 2.64. The standard InChI is InChI=1S/C17H20F3N3O5S/c1-16(2)14(25)23(15(29(26,27)28)22(16)7-3-4-8-24)12-6-5-11(10-21)13(9-12)17(18,19)20/h5-6,9,15,24H,3-4,7-8H2,1-2H3,(H,26,27,28). The lowest BCUT2D eigenvalue weighted by Crippen LogP contribution is -2.49. The number of nitriles is 1. The second-order valence-electron chi connectivity index (χ2n) is 7.04. The summed E-state index contributed by atoms with van der Waals surface area (Å²) in [6.07, 6.45) is -4.32. The summed E-state index contributed by atoms with van der Waals surface area (Å²) in [7, 11) is -4.93. The Morgan fingerprint density at radius 1 is 1.28 bits per heavy atom. The molecule has 1 aliphatic heterocycles. The quantitative estimate of drug-likeness (QED) is 0.517. The van der Waals surface area contributed by atoms with Gasteiger partial charge in [-0.2, -0.15) is 26.9 Å². The third-order valence-electron chi connectivity index (χ3n) is 4.73. The summed E-state index contributed by atoms with van der Waals surface area (Å²) in [5.41, 5.74) is -5.83. The van der Waals surface area contributed by atoms with E-state index in [9.17, 15) is 30.9 Å². The molecule has 1 fully saturated rings. The van der Waals surface area contributed by atoms with Crippen LogP contribution in [0.4, 0.5) is 18.9 Å². The van der Waals surface area contributed by atoms with E-state index in [4.69, 9.17) is 10.4 Å². The van der Waals surface area contributed by atoms with E-state index in [1.807, 2.05) is 0 Å². The van der Waals surface area contributed by atoms with Crippen molar-refractivity contribution in [2.75, 3.05) is 18.1 Å². The summed E-state index contributed by atoms with van der Waals surface area (Å²) in [6, 6.07) is 3.79. The first-order chi connectivity index (χ1) is 13.3. The molecule has 1 saturated heterocycles. The highest BCUT2D eigenvalue weighted by Crippen LogP contribution is 2.40. The Morgan fingerprint density at radius 3 is 2.38 bits per heavy atom. The number of hydrogen-bond acceptors (Lipinski definition) is 6. The van der Waals surface area contributed by atoms with E-state index in [1.54, 1.807) is 0 Å². The zero-order chi connectivity index (χ0) is 22.2. The molecule has 8 nitrogen and oxygen atoms in total. The van der Waals surface area contributed by atoms with Crippen LogP contribution in [-0.4, -0.2) is 53.1 Å². The summed E-state index contributed by atoms with van der Waals surface area (Å²) in [6.45, 7) is 2.59. The molecule has 0 bridgehead atoms. The number of aliphatic hydroxyl groups excluding tert-OH is 1. The minimum Gasteiger partial charge on any atom is -0.396 e. The molecule has 160 valence electrons. The molecule has 2 N–H and O–H groups in total. The number of amides is 1. The van der Waals surface area contributed by atoms with Crippen LogP contribution in [0.25, 0.3) is 0 Å². The van der Waals surface area contributed by atoms with Gasteiger partial charge in [0.25, 0.3) is 0 Å². The van der Waals surface area contributed by atoms with E-state index in [-0.39, 0.29) is 19.6 Å². The van der Waals surface area contributed by atoms with E-state index in [0.717, 1.165) is 17.0 Å². The number of hydrogen-bond donors (Lipinski definition) is 2. The maximum atomic E-state index is 13.3. The van der Waals surface area contributed by atoms with Crippen LogP contribution in [0.1, 0.15) is 37.8 Å². The predicted octanol–water partition coefficient (Wildman–Crippen LogP) is 1.95. The SMILES string of the molecule is CC1(C)C(=O)N(c2ccc(C#N)c(C(F)(F)F)c2)C(S(=O)(=O)O)N1CCCCO. The molecular formula is C17H20F3N3O5S. The zero-order valence-electron chi connectivity index (χ0n) is 15.6. The molecule has 1 atom stereocenters. The fourth-order valence-electron chi connectivity index (χ4n) is 3.27. The van der Waals surface area contributed by atoms with E-state index < -0.39 is 50.1 Å². The summed E-state index contributed by atoms with van der Waals surface area (Å²) in [5, 5.41) is 17.9. The van der Waals surface area contributed by atoms with Gasteiger partial charge < -0.3 is 5.11 Å². The highest BCUT2D eigenvalue weighted by molar-refractivity contribution is 7.86. The smallest absolute Gasteiger partial charge is 0.396 e. The van der Waals surface area contributed by atoms with Crippen LogP contribution >= 0.6 is 0 Å². The van der Waals surface area contributed by atoms with Gasteiger partial charge in [-0.3, -0.25) is 19.1 Å². The number of carbonyl (C=O) groups is 1. The zero-order valence-corrected chi connectivity index (χ0v) is 16.5. The maximum Gasteiger partial charge on any atom is 0.417 e. The van der Waals surface area contributed by atoms with Gasteiger partial charge in [-0.15, -0.1) is 0 Å². The second-order valence-corrected chi connectivity index (χ2v) is 8.49. The highest BCUT2D eigenvalue weighted by atomic mass is 32.2. The Labute approximate surface area is 165 Å². The fraction of sp³-hybridized carbons (Fsp3) is 0.529. The third kappa shape index (κ3) is 4.37. The molecule has 0 aromatic heterocycles. The van der Waals surface area contributed by atoms with Crippen LogP contribution in [0.3, 0.4) is 0 Å². The minimum absolute atomic E-state index is 0.0112. The van der Waals surface area contributed by atoms with Crippen molar-refractivity contribution in [2.45, 2.75) is 43.9 Å².